The second-order valence-corrected chi connectivity index (χ2v) is 4.62. The number of aryl methyl sites for hydroxylation is 1. The lowest BCUT2D eigenvalue weighted by Gasteiger charge is -2.14. The summed E-state index contributed by atoms with van der Waals surface area (Å²) >= 11 is 0. The molecule has 2 amide bonds. The van der Waals surface area contributed by atoms with Crippen LogP contribution in [0.3, 0.4) is 0 Å². The third kappa shape index (κ3) is 6.56. The molecule has 0 aliphatic rings. The van der Waals surface area contributed by atoms with Crippen molar-refractivity contribution in [2.75, 3.05) is 7.11 Å². The van der Waals surface area contributed by atoms with Crippen molar-refractivity contribution >= 4 is 17.8 Å². The van der Waals surface area contributed by atoms with Crippen LogP contribution >= 0.6 is 0 Å². The normalized spacial score (nSPS) is 11.5. The van der Waals surface area contributed by atoms with Crippen molar-refractivity contribution in [3.63, 3.8) is 0 Å². The molecule has 3 N–H and O–H groups in total. The van der Waals surface area contributed by atoms with Gasteiger partial charge < -0.3 is 15.8 Å². The first kappa shape index (κ1) is 16.7. The molecular formula is C15H20N2O4. The molecule has 6 nitrogen and oxygen atoms in total. The van der Waals surface area contributed by atoms with Crippen molar-refractivity contribution < 1.29 is 19.1 Å². The standard InChI is InChI=1S/C15H20N2O4/c1-21-14(19)10-8-12(15(16)20)17-13(18)9-7-11-5-3-2-4-6-11/h2-6,12H,7-10H2,1H3,(H2,16,20)(H,17,18)/t12-/m0/s1. The van der Waals surface area contributed by atoms with Crippen LogP contribution in [0, 0.1) is 0 Å². The number of primary amides is 1. The number of carbonyl (C=O) groups excluding carboxylic acids is 3. The van der Waals surface area contributed by atoms with Crippen molar-refractivity contribution in [1.82, 2.24) is 5.32 Å². The van der Waals surface area contributed by atoms with Gasteiger partial charge >= 0.3 is 5.97 Å². The van der Waals surface area contributed by atoms with E-state index in [0.29, 0.717) is 6.42 Å². The Labute approximate surface area is 123 Å². The molecule has 0 aliphatic heterocycles. The molecule has 0 aromatic heterocycles. The number of nitrogens with one attached hydrogen (secondary N) is 1. The minimum atomic E-state index is -0.854. The Balaban J connectivity index is 2.41. The minimum Gasteiger partial charge on any atom is -0.469 e. The fraction of sp³-hybridized carbons (Fsp3) is 0.400. The highest BCUT2D eigenvalue weighted by atomic mass is 16.5. The number of carbonyl (C=O) groups is 3. The van der Waals surface area contributed by atoms with Crippen molar-refractivity contribution in [2.24, 2.45) is 5.73 Å². The zero-order valence-electron chi connectivity index (χ0n) is 12.0. The molecule has 0 aliphatic carbocycles. The molecule has 0 radical (unpaired) electrons. The number of nitrogens with two attached hydrogens (primary N) is 1. The number of rotatable bonds is 8. The van der Waals surface area contributed by atoms with E-state index in [1.165, 1.54) is 7.11 Å². The molecule has 0 saturated carbocycles. The SMILES string of the molecule is COC(=O)CC[C@H](NC(=O)CCc1ccccc1)C(N)=O. The molecule has 0 heterocycles. The van der Waals surface area contributed by atoms with Crippen LogP contribution in [0.5, 0.6) is 0 Å². The van der Waals surface area contributed by atoms with Crippen LogP contribution in [-0.4, -0.2) is 30.9 Å². The first-order valence-electron chi connectivity index (χ1n) is 6.72. The van der Waals surface area contributed by atoms with Gasteiger partial charge in [0.05, 0.1) is 7.11 Å². The third-order valence-electron chi connectivity index (χ3n) is 3.03. The molecule has 21 heavy (non-hydrogen) atoms. The van der Waals surface area contributed by atoms with Crippen LogP contribution in [0.15, 0.2) is 30.3 Å². The highest BCUT2D eigenvalue weighted by molar-refractivity contribution is 5.87. The molecule has 1 aromatic carbocycles. The first-order chi connectivity index (χ1) is 10.0. The Morgan fingerprint density at radius 1 is 1.19 bits per heavy atom. The van der Waals surface area contributed by atoms with E-state index in [4.69, 9.17) is 5.73 Å². The van der Waals surface area contributed by atoms with E-state index in [9.17, 15) is 14.4 Å². The van der Waals surface area contributed by atoms with Gasteiger partial charge in [-0.15, -0.1) is 0 Å². The molecule has 0 unspecified atom stereocenters. The predicted octanol–water partition coefficient (Wildman–Crippen LogP) is 0.542. The molecular weight excluding hydrogens is 272 g/mol. The highest BCUT2D eigenvalue weighted by Crippen LogP contribution is 2.04. The van der Waals surface area contributed by atoms with Crippen LogP contribution < -0.4 is 11.1 Å². The van der Waals surface area contributed by atoms with Gasteiger partial charge in [-0.2, -0.15) is 0 Å². The summed E-state index contributed by atoms with van der Waals surface area (Å²) in [4.78, 5) is 34.1. The number of hydrogen-bond acceptors (Lipinski definition) is 4. The summed E-state index contributed by atoms with van der Waals surface area (Å²) in [6, 6.07) is 8.70. The monoisotopic (exact) mass is 292 g/mol. The van der Waals surface area contributed by atoms with Crippen LogP contribution in [-0.2, 0) is 25.5 Å². The Kier molecular flexibility index (Phi) is 6.94. The lowest BCUT2D eigenvalue weighted by molar-refractivity contribution is -0.141. The average Bonchev–Trinajstić information content (AvgIpc) is 2.49. The second kappa shape index (κ2) is 8.73. The molecule has 0 bridgehead atoms. The van der Waals surface area contributed by atoms with E-state index in [1.54, 1.807) is 0 Å². The van der Waals surface area contributed by atoms with Crippen molar-refractivity contribution in [2.45, 2.75) is 31.7 Å². The van der Waals surface area contributed by atoms with Crippen LogP contribution in [0.4, 0.5) is 0 Å². The van der Waals surface area contributed by atoms with E-state index in [0.717, 1.165) is 5.56 Å². The van der Waals surface area contributed by atoms with E-state index in [2.05, 4.69) is 10.1 Å². The van der Waals surface area contributed by atoms with E-state index in [1.807, 2.05) is 30.3 Å². The van der Waals surface area contributed by atoms with Gasteiger partial charge in [0.15, 0.2) is 0 Å². The molecule has 0 spiro atoms. The van der Waals surface area contributed by atoms with Crippen molar-refractivity contribution in [3.8, 4) is 0 Å². The number of esters is 1. The van der Waals surface area contributed by atoms with E-state index in [-0.39, 0.29) is 25.2 Å². The first-order valence-corrected chi connectivity index (χ1v) is 6.72. The number of ether oxygens (including phenoxy) is 1. The molecule has 1 aromatic rings. The predicted molar refractivity (Wildman–Crippen MR) is 77.1 cm³/mol. The smallest absolute Gasteiger partial charge is 0.305 e. The zero-order valence-corrected chi connectivity index (χ0v) is 12.0. The summed E-state index contributed by atoms with van der Waals surface area (Å²) in [5, 5.41) is 2.54. The molecule has 114 valence electrons. The van der Waals surface area contributed by atoms with Gasteiger partial charge in [-0.1, -0.05) is 30.3 Å². The Morgan fingerprint density at radius 3 is 2.43 bits per heavy atom. The van der Waals surface area contributed by atoms with Crippen LogP contribution in [0.25, 0.3) is 0 Å². The average molecular weight is 292 g/mol. The minimum absolute atomic E-state index is 0.0308. The largest absolute Gasteiger partial charge is 0.469 e. The van der Waals surface area contributed by atoms with Crippen molar-refractivity contribution in [1.29, 1.82) is 0 Å². The Hall–Kier alpha value is -2.37. The second-order valence-electron chi connectivity index (χ2n) is 4.62. The maximum Gasteiger partial charge on any atom is 0.305 e. The van der Waals surface area contributed by atoms with Gasteiger partial charge in [0.1, 0.15) is 6.04 Å². The summed E-state index contributed by atoms with van der Waals surface area (Å²) < 4.78 is 4.49. The van der Waals surface area contributed by atoms with Gasteiger partial charge in [0.2, 0.25) is 11.8 Å². The van der Waals surface area contributed by atoms with Gasteiger partial charge in [-0.3, -0.25) is 14.4 Å². The molecule has 0 saturated heterocycles. The number of benzene rings is 1. The van der Waals surface area contributed by atoms with Crippen LogP contribution in [0.1, 0.15) is 24.8 Å². The number of methoxy groups -OCH3 is 1. The summed E-state index contributed by atoms with van der Waals surface area (Å²) in [6.07, 6.45) is 1.00. The van der Waals surface area contributed by atoms with Gasteiger partial charge in [-0.05, 0) is 18.4 Å². The number of amides is 2. The molecule has 1 rings (SSSR count). The van der Waals surface area contributed by atoms with Crippen LogP contribution in [0.2, 0.25) is 0 Å². The molecule has 1 atom stereocenters. The van der Waals surface area contributed by atoms with Gasteiger partial charge in [0, 0.05) is 12.8 Å². The van der Waals surface area contributed by atoms with Gasteiger partial charge in [-0.25, -0.2) is 0 Å². The summed E-state index contributed by atoms with van der Waals surface area (Å²) in [5.41, 5.74) is 6.25. The Morgan fingerprint density at radius 2 is 1.86 bits per heavy atom. The maximum absolute atomic E-state index is 11.8. The molecule has 0 fully saturated rings. The van der Waals surface area contributed by atoms with E-state index < -0.39 is 17.9 Å². The zero-order chi connectivity index (χ0) is 15.7. The Bertz CT molecular complexity index is 488. The molecule has 6 heteroatoms. The lowest BCUT2D eigenvalue weighted by Crippen LogP contribution is -2.44. The summed E-state index contributed by atoms with van der Waals surface area (Å²) in [7, 11) is 1.26. The maximum atomic E-state index is 11.8. The van der Waals surface area contributed by atoms with Gasteiger partial charge in [0.25, 0.3) is 0 Å². The summed E-state index contributed by atoms with van der Waals surface area (Å²) in [5.74, 6) is -1.38. The topological polar surface area (TPSA) is 98.5 Å². The lowest BCUT2D eigenvalue weighted by atomic mass is 10.1. The summed E-state index contributed by atoms with van der Waals surface area (Å²) in [6.45, 7) is 0. The fourth-order valence-electron chi connectivity index (χ4n) is 1.82. The third-order valence-corrected chi connectivity index (χ3v) is 3.03. The number of hydrogen-bond donors (Lipinski definition) is 2. The highest BCUT2D eigenvalue weighted by Gasteiger charge is 2.19. The fourth-order valence-corrected chi connectivity index (χ4v) is 1.82. The van der Waals surface area contributed by atoms with E-state index >= 15 is 0 Å². The quantitative estimate of drug-likeness (QED) is 0.683. The van der Waals surface area contributed by atoms with Crippen molar-refractivity contribution in [3.05, 3.63) is 35.9 Å².